The number of urea groups is 1. The first kappa shape index (κ1) is 20.5. The van der Waals surface area contributed by atoms with Gasteiger partial charge in [-0.2, -0.15) is 0 Å². The fourth-order valence-corrected chi connectivity index (χ4v) is 3.21. The predicted molar refractivity (Wildman–Crippen MR) is 112 cm³/mol. The molecule has 3 rings (SSSR count). The van der Waals surface area contributed by atoms with Gasteiger partial charge in [-0.1, -0.05) is 24.3 Å². The molecule has 0 aliphatic rings. The number of hydrogen-bond donors (Lipinski definition) is 3. The molecule has 0 spiro atoms. The van der Waals surface area contributed by atoms with Gasteiger partial charge in [0.1, 0.15) is 5.82 Å². The van der Waals surface area contributed by atoms with Gasteiger partial charge < -0.3 is 20.3 Å². The number of hydrogen-bond acceptors (Lipinski definition) is 3. The zero-order valence-corrected chi connectivity index (χ0v) is 16.5. The lowest BCUT2D eigenvalue weighted by atomic mass is 10.0. The largest absolute Gasteiger partial charge is 0.396 e. The summed E-state index contributed by atoms with van der Waals surface area (Å²) in [7, 11) is 0. The van der Waals surface area contributed by atoms with Crippen LogP contribution in [0.5, 0.6) is 0 Å². The lowest BCUT2D eigenvalue weighted by Crippen LogP contribution is -2.37. The van der Waals surface area contributed by atoms with Crippen molar-refractivity contribution in [3.8, 4) is 0 Å². The fraction of sp³-hybridized carbons (Fsp3) is 0.273. The van der Waals surface area contributed by atoms with Crippen molar-refractivity contribution in [1.82, 2.24) is 9.88 Å². The highest BCUT2D eigenvalue weighted by Gasteiger charge is 2.18. The number of aromatic nitrogens is 1. The van der Waals surface area contributed by atoms with Crippen molar-refractivity contribution in [1.29, 1.82) is 0 Å². The third kappa shape index (κ3) is 4.63. The van der Waals surface area contributed by atoms with Crippen molar-refractivity contribution < 1.29 is 14.3 Å². The van der Waals surface area contributed by atoms with Crippen LogP contribution < -0.4 is 10.9 Å². The molecule has 0 aliphatic heterocycles. The molecule has 6 nitrogen and oxygen atoms in total. The van der Waals surface area contributed by atoms with E-state index in [0.717, 1.165) is 22.0 Å². The maximum absolute atomic E-state index is 13.9. The molecule has 0 radical (unpaired) electrons. The van der Waals surface area contributed by atoms with E-state index in [2.05, 4.69) is 10.3 Å². The number of aromatic amines is 1. The third-order valence-corrected chi connectivity index (χ3v) is 4.87. The number of pyridine rings is 1. The Morgan fingerprint density at radius 1 is 1.17 bits per heavy atom. The smallest absolute Gasteiger partial charge is 0.322 e. The third-order valence-electron chi connectivity index (χ3n) is 4.87. The minimum atomic E-state index is -0.544. The number of H-pyrrole nitrogens is 1. The number of aliphatic hydroxyl groups is 1. The SMILES string of the molecule is Cc1ccc(C)c2[nH]c(=O)c(CN(CCCO)C(=O)Nc3ccccc3F)cc12. The second-order valence-corrected chi connectivity index (χ2v) is 7.02. The Morgan fingerprint density at radius 3 is 2.62 bits per heavy atom. The monoisotopic (exact) mass is 397 g/mol. The molecule has 2 aromatic carbocycles. The van der Waals surface area contributed by atoms with E-state index in [1.54, 1.807) is 12.1 Å². The average Bonchev–Trinajstić information content (AvgIpc) is 2.70. The number of rotatable bonds is 6. The fourth-order valence-electron chi connectivity index (χ4n) is 3.21. The molecule has 2 amide bonds. The molecule has 0 bridgehead atoms. The van der Waals surface area contributed by atoms with Crippen LogP contribution in [-0.2, 0) is 6.54 Å². The highest BCUT2D eigenvalue weighted by molar-refractivity contribution is 5.89. The number of nitrogens with one attached hydrogen (secondary N) is 2. The van der Waals surface area contributed by atoms with Crippen molar-refractivity contribution in [2.24, 2.45) is 0 Å². The zero-order valence-electron chi connectivity index (χ0n) is 16.5. The molecule has 3 aromatic rings. The minimum absolute atomic E-state index is 0.0406. The molecule has 152 valence electrons. The standard InChI is InChI=1S/C22H24FN3O3/c1-14-8-9-15(2)20-17(14)12-16(21(28)25-20)13-26(10-5-11-27)22(29)24-19-7-4-3-6-18(19)23/h3-4,6-9,12,27H,5,10-11,13H2,1-2H3,(H,24,29)(H,25,28). The van der Waals surface area contributed by atoms with Gasteiger partial charge in [0.2, 0.25) is 0 Å². The maximum Gasteiger partial charge on any atom is 0.322 e. The summed E-state index contributed by atoms with van der Waals surface area (Å²) in [5.41, 5.74) is 2.96. The van der Waals surface area contributed by atoms with Gasteiger partial charge in [-0.3, -0.25) is 4.79 Å². The number of anilines is 1. The molecule has 0 saturated heterocycles. The normalized spacial score (nSPS) is 10.9. The van der Waals surface area contributed by atoms with Crippen molar-refractivity contribution in [2.45, 2.75) is 26.8 Å². The Kier molecular flexibility index (Phi) is 6.29. The van der Waals surface area contributed by atoms with Gasteiger partial charge >= 0.3 is 6.03 Å². The second-order valence-electron chi connectivity index (χ2n) is 7.02. The van der Waals surface area contributed by atoms with E-state index in [0.29, 0.717) is 12.0 Å². The van der Waals surface area contributed by atoms with Crippen LogP contribution in [0.4, 0.5) is 14.9 Å². The first-order chi connectivity index (χ1) is 13.9. The van der Waals surface area contributed by atoms with Gasteiger partial charge in [0.05, 0.1) is 17.7 Å². The first-order valence-electron chi connectivity index (χ1n) is 9.44. The number of carbonyl (C=O) groups is 1. The van der Waals surface area contributed by atoms with E-state index in [4.69, 9.17) is 0 Å². The van der Waals surface area contributed by atoms with Crippen LogP contribution in [0.2, 0.25) is 0 Å². The van der Waals surface area contributed by atoms with Crippen LogP contribution in [0.3, 0.4) is 0 Å². The minimum Gasteiger partial charge on any atom is -0.396 e. The van der Waals surface area contributed by atoms with Crippen LogP contribution >= 0.6 is 0 Å². The van der Waals surface area contributed by atoms with Crippen molar-refractivity contribution >= 4 is 22.6 Å². The lowest BCUT2D eigenvalue weighted by Gasteiger charge is -2.23. The van der Waals surface area contributed by atoms with Gasteiger partial charge in [-0.15, -0.1) is 0 Å². The molecule has 0 atom stereocenters. The highest BCUT2D eigenvalue weighted by Crippen LogP contribution is 2.20. The lowest BCUT2D eigenvalue weighted by molar-refractivity contribution is 0.199. The summed E-state index contributed by atoms with van der Waals surface area (Å²) in [5.74, 6) is -0.544. The predicted octanol–water partition coefficient (Wildman–Crippen LogP) is 3.70. The van der Waals surface area contributed by atoms with Crippen LogP contribution in [0.15, 0.2) is 47.3 Å². The Morgan fingerprint density at radius 2 is 1.90 bits per heavy atom. The number of nitrogens with zero attached hydrogens (tertiary/aromatic N) is 1. The van der Waals surface area contributed by atoms with Gasteiger partial charge in [0.25, 0.3) is 5.56 Å². The van der Waals surface area contributed by atoms with Crippen LogP contribution in [0.1, 0.15) is 23.1 Å². The van der Waals surface area contributed by atoms with E-state index in [1.165, 1.54) is 23.1 Å². The average molecular weight is 397 g/mol. The summed E-state index contributed by atoms with van der Waals surface area (Å²) in [6.07, 6.45) is 0.342. The molecule has 3 N–H and O–H groups in total. The van der Waals surface area contributed by atoms with Gasteiger partial charge in [0.15, 0.2) is 0 Å². The Balaban J connectivity index is 1.91. The van der Waals surface area contributed by atoms with E-state index in [9.17, 15) is 19.1 Å². The summed E-state index contributed by atoms with van der Waals surface area (Å²) in [6, 6.07) is 11.1. The number of carbonyl (C=O) groups excluding carboxylic acids is 1. The number of halogens is 1. The number of aryl methyl sites for hydroxylation is 2. The number of para-hydroxylation sites is 1. The van der Waals surface area contributed by atoms with E-state index >= 15 is 0 Å². The van der Waals surface area contributed by atoms with Crippen LogP contribution in [-0.4, -0.2) is 34.2 Å². The van der Waals surface area contributed by atoms with E-state index in [1.807, 2.05) is 26.0 Å². The highest BCUT2D eigenvalue weighted by atomic mass is 19.1. The zero-order chi connectivity index (χ0) is 21.0. The van der Waals surface area contributed by atoms with E-state index < -0.39 is 11.8 Å². The number of benzene rings is 2. The molecule has 0 aliphatic carbocycles. The first-order valence-corrected chi connectivity index (χ1v) is 9.44. The Labute approximate surface area is 168 Å². The quantitative estimate of drug-likeness (QED) is 0.593. The summed E-state index contributed by atoms with van der Waals surface area (Å²) in [4.78, 5) is 29.6. The van der Waals surface area contributed by atoms with Gasteiger partial charge in [-0.05, 0) is 49.6 Å². The van der Waals surface area contributed by atoms with Crippen molar-refractivity contribution in [3.63, 3.8) is 0 Å². The molecular formula is C22H24FN3O3. The topological polar surface area (TPSA) is 85.4 Å². The van der Waals surface area contributed by atoms with Crippen LogP contribution in [0.25, 0.3) is 10.9 Å². The van der Waals surface area contributed by atoms with Crippen LogP contribution in [0, 0.1) is 19.7 Å². The number of aliphatic hydroxyl groups excluding tert-OH is 1. The van der Waals surface area contributed by atoms with E-state index in [-0.39, 0.29) is 30.9 Å². The van der Waals surface area contributed by atoms with Crippen molar-refractivity contribution in [3.05, 3.63) is 75.3 Å². The summed E-state index contributed by atoms with van der Waals surface area (Å²) >= 11 is 0. The molecule has 0 unspecified atom stereocenters. The summed E-state index contributed by atoms with van der Waals surface area (Å²) in [5, 5.41) is 12.6. The molecular weight excluding hydrogens is 373 g/mol. The summed E-state index contributed by atoms with van der Waals surface area (Å²) < 4.78 is 13.9. The summed E-state index contributed by atoms with van der Waals surface area (Å²) in [6.45, 7) is 4.04. The molecule has 1 aromatic heterocycles. The Hall–Kier alpha value is -3.19. The number of amides is 2. The molecule has 0 fully saturated rings. The molecule has 7 heteroatoms. The van der Waals surface area contributed by atoms with Crippen molar-refractivity contribution in [2.75, 3.05) is 18.5 Å². The van der Waals surface area contributed by atoms with Gasteiger partial charge in [-0.25, -0.2) is 9.18 Å². The Bertz CT molecular complexity index is 1090. The molecule has 29 heavy (non-hydrogen) atoms. The maximum atomic E-state index is 13.9. The van der Waals surface area contributed by atoms with Gasteiger partial charge in [0, 0.05) is 24.1 Å². The molecule has 0 saturated carbocycles. The second kappa shape index (κ2) is 8.87. The number of fused-ring (bicyclic) bond motifs is 1. The molecule has 1 heterocycles.